The molecule has 3 aliphatic rings. The SMILES string of the molecule is NC1=NC2(CCCCC2)N(c2ccccc2N2CCCC2)C(N)=N1. The third-order valence-corrected chi connectivity index (χ3v) is 5.42. The zero-order valence-corrected chi connectivity index (χ0v) is 14.1. The predicted octanol–water partition coefficient (Wildman–Crippen LogP) is 2.40. The molecule has 0 amide bonds. The van der Waals surface area contributed by atoms with Gasteiger partial charge in [-0.2, -0.15) is 4.99 Å². The van der Waals surface area contributed by atoms with E-state index in [1.807, 2.05) is 0 Å². The second-order valence-electron chi connectivity index (χ2n) is 7.00. The highest BCUT2D eigenvalue weighted by molar-refractivity contribution is 6.07. The minimum absolute atomic E-state index is 0.310. The number of hydrogen-bond donors (Lipinski definition) is 2. The molecule has 6 nitrogen and oxygen atoms in total. The minimum atomic E-state index is -0.371. The van der Waals surface area contributed by atoms with E-state index in [0.29, 0.717) is 11.9 Å². The molecule has 0 atom stereocenters. The fraction of sp³-hybridized carbons (Fsp3) is 0.556. The molecule has 2 aliphatic heterocycles. The number of benzene rings is 1. The van der Waals surface area contributed by atoms with Crippen LogP contribution in [0.25, 0.3) is 0 Å². The van der Waals surface area contributed by atoms with Crippen LogP contribution in [0.2, 0.25) is 0 Å². The number of nitrogens with zero attached hydrogens (tertiary/aromatic N) is 4. The van der Waals surface area contributed by atoms with E-state index in [1.54, 1.807) is 0 Å². The first-order chi connectivity index (χ1) is 11.7. The molecule has 1 aliphatic carbocycles. The van der Waals surface area contributed by atoms with Crippen molar-refractivity contribution in [2.24, 2.45) is 21.5 Å². The van der Waals surface area contributed by atoms with E-state index in [0.717, 1.165) is 44.5 Å². The standard InChI is InChI=1S/C18H26N6/c19-16-21-17(20)24(18(22-16)10-4-1-5-11-18)15-9-3-2-8-14(15)23-12-6-7-13-23/h2-3,8-9H,1,4-7,10-13H2,(H4,19,20,21,22). The third-order valence-electron chi connectivity index (χ3n) is 5.42. The molecule has 2 heterocycles. The van der Waals surface area contributed by atoms with Gasteiger partial charge in [-0.1, -0.05) is 18.6 Å². The molecule has 4 N–H and O–H groups in total. The Bertz CT molecular complexity index is 668. The van der Waals surface area contributed by atoms with Gasteiger partial charge in [-0.3, -0.25) is 4.90 Å². The largest absolute Gasteiger partial charge is 0.370 e. The number of rotatable bonds is 2. The van der Waals surface area contributed by atoms with Crippen molar-refractivity contribution in [3.63, 3.8) is 0 Å². The maximum absolute atomic E-state index is 6.37. The van der Waals surface area contributed by atoms with E-state index < -0.39 is 0 Å². The molecule has 24 heavy (non-hydrogen) atoms. The number of aliphatic imine (C=N–C) groups is 2. The van der Waals surface area contributed by atoms with Gasteiger partial charge in [0.1, 0.15) is 5.66 Å². The summed E-state index contributed by atoms with van der Waals surface area (Å²) in [5, 5.41) is 0. The van der Waals surface area contributed by atoms with Crippen molar-refractivity contribution in [3.05, 3.63) is 24.3 Å². The van der Waals surface area contributed by atoms with E-state index in [9.17, 15) is 0 Å². The summed E-state index contributed by atoms with van der Waals surface area (Å²) in [4.78, 5) is 13.7. The molecule has 1 saturated carbocycles. The molecule has 128 valence electrons. The molecule has 0 unspecified atom stereocenters. The molecule has 6 heteroatoms. The first kappa shape index (κ1) is 15.3. The number of nitrogens with two attached hydrogens (primary N) is 2. The summed E-state index contributed by atoms with van der Waals surface area (Å²) in [5.41, 5.74) is 14.3. The zero-order chi connectivity index (χ0) is 16.6. The number of guanidine groups is 2. The lowest BCUT2D eigenvalue weighted by molar-refractivity contribution is 0.305. The van der Waals surface area contributed by atoms with Crippen LogP contribution in [0.4, 0.5) is 11.4 Å². The molecule has 1 aromatic rings. The average Bonchev–Trinajstić information content (AvgIpc) is 3.09. The van der Waals surface area contributed by atoms with Crippen LogP contribution >= 0.6 is 0 Å². The van der Waals surface area contributed by atoms with Gasteiger partial charge in [0.25, 0.3) is 0 Å². The molecule has 2 fully saturated rings. The Balaban J connectivity index is 1.80. The topological polar surface area (TPSA) is 83.2 Å². The lowest BCUT2D eigenvalue weighted by Gasteiger charge is -2.46. The number of anilines is 2. The monoisotopic (exact) mass is 326 g/mol. The molecule has 4 rings (SSSR count). The smallest absolute Gasteiger partial charge is 0.220 e. The van der Waals surface area contributed by atoms with Crippen molar-refractivity contribution in [1.82, 2.24) is 0 Å². The van der Waals surface area contributed by atoms with E-state index in [-0.39, 0.29) is 5.66 Å². The van der Waals surface area contributed by atoms with Gasteiger partial charge in [0.15, 0.2) is 0 Å². The Morgan fingerprint density at radius 1 is 0.875 bits per heavy atom. The summed E-state index contributed by atoms with van der Waals surface area (Å²) >= 11 is 0. The van der Waals surface area contributed by atoms with Gasteiger partial charge in [-0.15, -0.1) is 0 Å². The van der Waals surface area contributed by atoms with Crippen LogP contribution in [0.5, 0.6) is 0 Å². The number of para-hydroxylation sites is 2. The summed E-state index contributed by atoms with van der Waals surface area (Å²) in [5.74, 6) is 0.778. The molecule has 0 bridgehead atoms. The summed E-state index contributed by atoms with van der Waals surface area (Å²) in [6.45, 7) is 2.20. The van der Waals surface area contributed by atoms with Gasteiger partial charge < -0.3 is 16.4 Å². The fourth-order valence-corrected chi connectivity index (χ4v) is 4.35. The van der Waals surface area contributed by atoms with Crippen molar-refractivity contribution in [2.45, 2.75) is 50.6 Å². The van der Waals surface area contributed by atoms with Crippen molar-refractivity contribution < 1.29 is 0 Å². The van der Waals surface area contributed by atoms with Crippen LogP contribution in [-0.4, -0.2) is 30.7 Å². The quantitative estimate of drug-likeness (QED) is 0.874. The fourth-order valence-electron chi connectivity index (χ4n) is 4.35. The van der Waals surface area contributed by atoms with E-state index in [1.165, 1.54) is 24.9 Å². The van der Waals surface area contributed by atoms with Gasteiger partial charge in [0.05, 0.1) is 11.4 Å². The summed E-state index contributed by atoms with van der Waals surface area (Å²) in [7, 11) is 0. The van der Waals surface area contributed by atoms with Gasteiger partial charge in [-0.25, -0.2) is 4.99 Å². The minimum Gasteiger partial charge on any atom is -0.370 e. The Hall–Kier alpha value is -2.24. The van der Waals surface area contributed by atoms with Crippen LogP contribution in [0, 0.1) is 0 Å². The summed E-state index contributed by atoms with van der Waals surface area (Å²) in [6, 6.07) is 8.50. The van der Waals surface area contributed by atoms with Crippen LogP contribution < -0.4 is 21.3 Å². The lowest BCUT2D eigenvalue weighted by Crippen LogP contribution is -2.58. The molecule has 1 saturated heterocycles. The normalized spacial score (nSPS) is 23.3. The third kappa shape index (κ3) is 2.50. The van der Waals surface area contributed by atoms with E-state index >= 15 is 0 Å². The first-order valence-corrected chi connectivity index (χ1v) is 9.03. The van der Waals surface area contributed by atoms with E-state index in [4.69, 9.17) is 16.5 Å². The molecule has 0 radical (unpaired) electrons. The number of hydrogen-bond acceptors (Lipinski definition) is 6. The van der Waals surface area contributed by atoms with Crippen LogP contribution in [-0.2, 0) is 0 Å². The molecule has 1 spiro atoms. The average molecular weight is 326 g/mol. The van der Waals surface area contributed by atoms with Crippen molar-refractivity contribution >= 4 is 23.3 Å². The maximum Gasteiger partial charge on any atom is 0.220 e. The van der Waals surface area contributed by atoms with Crippen LogP contribution in [0.3, 0.4) is 0 Å². The summed E-state index contributed by atoms with van der Waals surface area (Å²) < 4.78 is 0. The molecular formula is C18H26N6. The maximum atomic E-state index is 6.37. The lowest BCUT2D eigenvalue weighted by atomic mass is 9.87. The zero-order valence-electron chi connectivity index (χ0n) is 14.1. The Labute approximate surface area is 143 Å². The Kier molecular flexibility index (Phi) is 3.82. The molecule has 1 aromatic carbocycles. The van der Waals surface area contributed by atoms with Gasteiger partial charge in [-0.05, 0) is 50.7 Å². The first-order valence-electron chi connectivity index (χ1n) is 9.03. The Morgan fingerprint density at radius 3 is 2.25 bits per heavy atom. The van der Waals surface area contributed by atoms with Crippen molar-refractivity contribution in [1.29, 1.82) is 0 Å². The molecular weight excluding hydrogens is 300 g/mol. The van der Waals surface area contributed by atoms with E-state index in [2.05, 4.69) is 39.1 Å². The molecule has 0 aromatic heterocycles. The van der Waals surface area contributed by atoms with Gasteiger partial charge in [0.2, 0.25) is 11.9 Å². The van der Waals surface area contributed by atoms with Crippen LogP contribution in [0.1, 0.15) is 44.9 Å². The highest BCUT2D eigenvalue weighted by atomic mass is 15.4. The van der Waals surface area contributed by atoms with Gasteiger partial charge in [0, 0.05) is 13.1 Å². The summed E-state index contributed by atoms with van der Waals surface area (Å²) in [6.07, 6.45) is 7.97. The predicted molar refractivity (Wildman–Crippen MR) is 99.4 cm³/mol. The van der Waals surface area contributed by atoms with Crippen LogP contribution in [0.15, 0.2) is 34.3 Å². The highest BCUT2D eigenvalue weighted by Gasteiger charge is 2.43. The Morgan fingerprint density at radius 2 is 1.54 bits per heavy atom. The van der Waals surface area contributed by atoms with Crippen molar-refractivity contribution in [3.8, 4) is 0 Å². The van der Waals surface area contributed by atoms with Gasteiger partial charge >= 0.3 is 0 Å². The van der Waals surface area contributed by atoms with Crippen molar-refractivity contribution in [2.75, 3.05) is 22.9 Å². The second-order valence-corrected chi connectivity index (χ2v) is 7.00. The highest BCUT2D eigenvalue weighted by Crippen LogP contribution is 2.43. The second kappa shape index (κ2) is 6.00.